The Hall–Kier alpha value is -2.44. The summed E-state index contributed by atoms with van der Waals surface area (Å²) in [6.07, 6.45) is 3.19. The van der Waals surface area contributed by atoms with Crippen molar-refractivity contribution < 1.29 is 18.4 Å². The molecule has 1 aromatic carbocycles. The van der Waals surface area contributed by atoms with Crippen LogP contribution in [-0.4, -0.2) is 11.6 Å². The molecule has 3 aromatic rings. The molecule has 1 aliphatic carbocycles. The Bertz CT molecular complexity index is 890. The fourth-order valence-electron chi connectivity index (χ4n) is 2.67. The number of hydrogen-bond donors (Lipinski definition) is 0. The molecule has 0 saturated heterocycles. The van der Waals surface area contributed by atoms with Gasteiger partial charge in [0.05, 0.1) is 33.8 Å². The molecule has 0 radical (unpaired) electrons. The normalized spacial score (nSPS) is 14.0. The van der Waals surface area contributed by atoms with E-state index in [1.165, 1.54) is 23.5 Å². The molecule has 4 rings (SSSR count). The van der Waals surface area contributed by atoms with E-state index in [1.54, 1.807) is 48.9 Å². The van der Waals surface area contributed by atoms with Crippen LogP contribution in [-0.2, 0) is 11.5 Å². The van der Waals surface area contributed by atoms with Gasteiger partial charge in [0.2, 0.25) is 11.6 Å². The molecule has 0 N–H and O–H groups in total. The van der Waals surface area contributed by atoms with Crippen LogP contribution in [0.15, 0.2) is 79.7 Å². The van der Waals surface area contributed by atoms with Gasteiger partial charge in [-0.2, -0.15) is 0 Å². The summed E-state index contributed by atoms with van der Waals surface area (Å²) >= 11 is 2.68. The maximum atomic E-state index is 13.0. The summed E-state index contributed by atoms with van der Waals surface area (Å²) in [6.45, 7) is 0. The number of hydrogen-bond acceptors (Lipinski definition) is 6. The number of thioether (sulfide) groups is 2. The van der Waals surface area contributed by atoms with Crippen molar-refractivity contribution in [2.24, 2.45) is 0 Å². The first-order valence-corrected chi connectivity index (χ1v) is 9.94. The van der Waals surface area contributed by atoms with Gasteiger partial charge >= 0.3 is 0 Å². The second-order valence-electron chi connectivity index (χ2n) is 5.60. The van der Waals surface area contributed by atoms with E-state index in [4.69, 9.17) is 8.83 Å². The second-order valence-corrected chi connectivity index (χ2v) is 7.57. The fourth-order valence-corrected chi connectivity index (χ4v) is 4.85. The maximum absolute atomic E-state index is 13.0. The van der Waals surface area contributed by atoms with E-state index < -0.39 is 0 Å². The van der Waals surface area contributed by atoms with E-state index in [2.05, 4.69) is 0 Å². The zero-order chi connectivity index (χ0) is 17.9. The van der Waals surface area contributed by atoms with Gasteiger partial charge in [-0.3, -0.25) is 9.59 Å². The van der Waals surface area contributed by atoms with Crippen LogP contribution in [0, 0.1) is 0 Å². The molecular formula is C20H14O4S2. The minimum Gasteiger partial charge on any atom is -0.468 e. The number of fused-ring (bicyclic) bond motifs is 1. The Kier molecular flexibility index (Phi) is 4.86. The highest BCUT2D eigenvalue weighted by Crippen LogP contribution is 2.40. The van der Waals surface area contributed by atoms with Gasteiger partial charge in [0.15, 0.2) is 0 Å². The van der Waals surface area contributed by atoms with Crippen LogP contribution in [0.5, 0.6) is 0 Å². The monoisotopic (exact) mass is 382 g/mol. The van der Waals surface area contributed by atoms with Gasteiger partial charge in [-0.25, -0.2) is 0 Å². The number of furan rings is 2. The number of carbonyl (C=O) groups is 2. The lowest BCUT2D eigenvalue weighted by atomic mass is 9.94. The van der Waals surface area contributed by atoms with Crippen molar-refractivity contribution in [3.8, 4) is 0 Å². The molecular weight excluding hydrogens is 368 g/mol. The summed E-state index contributed by atoms with van der Waals surface area (Å²) in [6, 6.07) is 14.3. The number of ketones is 2. The van der Waals surface area contributed by atoms with Crippen LogP contribution in [0.3, 0.4) is 0 Å². The van der Waals surface area contributed by atoms with Crippen molar-refractivity contribution in [1.82, 2.24) is 0 Å². The molecule has 0 bridgehead atoms. The van der Waals surface area contributed by atoms with E-state index >= 15 is 0 Å². The third kappa shape index (κ3) is 3.30. The van der Waals surface area contributed by atoms with E-state index in [0.717, 1.165) is 11.5 Å². The quantitative estimate of drug-likeness (QED) is 0.574. The first-order chi connectivity index (χ1) is 12.7. The third-order valence-electron chi connectivity index (χ3n) is 3.91. The third-order valence-corrected chi connectivity index (χ3v) is 6.26. The smallest absolute Gasteiger partial charge is 0.201 e. The summed E-state index contributed by atoms with van der Waals surface area (Å²) in [5, 5.41) is 0. The highest BCUT2D eigenvalue weighted by molar-refractivity contribution is 8.07. The molecule has 0 atom stereocenters. The summed E-state index contributed by atoms with van der Waals surface area (Å²) in [5.74, 6) is 2.29. The van der Waals surface area contributed by atoms with Gasteiger partial charge < -0.3 is 8.83 Å². The average molecular weight is 382 g/mol. The van der Waals surface area contributed by atoms with Crippen molar-refractivity contribution in [3.63, 3.8) is 0 Å². The molecule has 0 aliphatic heterocycles. The second kappa shape index (κ2) is 7.43. The Morgan fingerprint density at radius 2 is 1.12 bits per heavy atom. The molecule has 0 spiro atoms. The van der Waals surface area contributed by atoms with E-state index in [0.29, 0.717) is 32.4 Å². The number of Topliss-reactive ketones (excluding diaryl/α,β-unsaturated/α-hetero) is 2. The minimum absolute atomic E-state index is 0.112. The van der Waals surface area contributed by atoms with Crippen LogP contribution in [0.25, 0.3) is 0 Å². The Balaban J connectivity index is 1.67. The highest BCUT2D eigenvalue weighted by atomic mass is 32.2. The van der Waals surface area contributed by atoms with Gasteiger partial charge in [0, 0.05) is 11.1 Å². The van der Waals surface area contributed by atoms with Crippen LogP contribution in [0.1, 0.15) is 32.2 Å². The predicted molar refractivity (Wildman–Crippen MR) is 102 cm³/mol. The molecule has 0 amide bonds. The number of allylic oxidation sites excluding steroid dienone is 2. The zero-order valence-corrected chi connectivity index (χ0v) is 15.3. The summed E-state index contributed by atoms with van der Waals surface area (Å²) in [7, 11) is 0. The van der Waals surface area contributed by atoms with Crippen molar-refractivity contribution in [3.05, 3.63) is 93.5 Å². The summed E-state index contributed by atoms with van der Waals surface area (Å²) in [5.41, 5.74) is 0.920. The van der Waals surface area contributed by atoms with Crippen LogP contribution < -0.4 is 0 Å². The lowest BCUT2D eigenvalue weighted by molar-refractivity contribution is 0.0988. The Labute approximate surface area is 158 Å². The first-order valence-electron chi connectivity index (χ1n) is 7.97. The van der Waals surface area contributed by atoms with Gasteiger partial charge in [0.1, 0.15) is 11.5 Å². The zero-order valence-electron chi connectivity index (χ0n) is 13.6. The summed E-state index contributed by atoms with van der Waals surface area (Å²) in [4.78, 5) is 26.9. The standard InChI is InChI=1S/C20H14O4S2/c21-17-15-7-1-2-8-16(15)18(22)20(26-12-14-6-4-10-24-14)19(17)25-11-13-5-3-9-23-13/h1-10H,11-12H2. The molecule has 26 heavy (non-hydrogen) atoms. The van der Waals surface area contributed by atoms with Crippen molar-refractivity contribution in [1.29, 1.82) is 0 Å². The Morgan fingerprint density at radius 1 is 0.654 bits per heavy atom. The van der Waals surface area contributed by atoms with Crippen molar-refractivity contribution >= 4 is 35.1 Å². The largest absolute Gasteiger partial charge is 0.468 e. The number of carbonyl (C=O) groups excluding carboxylic acids is 2. The summed E-state index contributed by atoms with van der Waals surface area (Å²) < 4.78 is 10.7. The number of benzene rings is 1. The molecule has 0 unspecified atom stereocenters. The molecule has 0 saturated carbocycles. The van der Waals surface area contributed by atoms with Crippen molar-refractivity contribution in [2.75, 3.05) is 0 Å². The predicted octanol–water partition coefficient (Wildman–Crippen LogP) is 5.33. The molecule has 1 aliphatic rings. The maximum Gasteiger partial charge on any atom is 0.201 e. The molecule has 130 valence electrons. The molecule has 6 heteroatoms. The number of rotatable bonds is 6. The van der Waals surface area contributed by atoms with Gasteiger partial charge in [0.25, 0.3) is 0 Å². The van der Waals surface area contributed by atoms with Crippen molar-refractivity contribution in [2.45, 2.75) is 11.5 Å². The van der Waals surface area contributed by atoms with E-state index in [-0.39, 0.29) is 11.6 Å². The lowest BCUT2D eigenvalue weighted by Crippen LogP contribution is -2.19. The lowest BCUT2D eigenvalue weighted by Gasteiger charge is -2.19. The van der Waals surface area contributed by atoms with Gasteiger partial charge in [-0.15, -0.1) is 23.5 Å². The fraction of sp³-hybridized carbons (Fsp3) is 0.100. The average Bonchev–Trinajstić information content (AvgIpc) is 3.36. The SMILES string of the molecule is O=C1C(SCc2ccco2)=C(SCc2ccco2)C(=O)c2ccccc21. The molecule has 2 aromatic heterocycles. The van der Waals surface area contributed by atoms with Crippen LogP contribution in [0.4, 0.5) is 0 Å². The van der Waals surface area contributed by atoms with Gasteiger partial charge in [-0.1, -0.05) is 24.3 Å². The Morgan fingerprint density at radius 3 is 1.50 bits per heavy atom. The molecule has 4 nitrogen and oxygen atoms in total. The van der Waals surface area contributed by atoms with E-state index in [9.17, 15) is 9.59 Å². The topological polar surface area (TPSA) is 60.4 Å². The van der Waals surface area contributed by atoms with Crippen LogP contribution in [0.2, 0.25) is 0 Å². The van der Waals surface area contributed by atoms with Gasteiger partial charge in [-0.05, 0) is 24.3 Å². The minimum atomic E-state index is -0.112. The molecule has 2 heterocycles. The highest BCUT2D eigenvalue weighted by Gasteiger charge is 2.32. The van der Waals surface area contributed by atoms with E-state index in [1.807, 2.05) is 12.1 Å². The first kappa shape index (κ1) is 17.0. The van der Waals surface area contributed by atoms with Crippen LogP contribution >= 0.6 is 23.5 Å². The molecule has 0 fully saturated rings.